The van der Waals surface area contributed by atoms with E-state index in [4.69, 9.17) is 0 Å². The lowest BCUT2D eigenvalue weighted by molar-refractivity contribution is -0.105. The molecule has 1 atom stereocenters. The molecule has 0 fully saturated rings. The summed E-state index contributed by atoms with van der Waals surface area (Å²) in [5.41, 5.74) is 4.64. The van der Waals surface area contributed by atoms with Crippen LogP contribution in [0.4, 0.5) is 0 Å². The van der Waals surface area contributed by atoms with E-state index in [0.29, 0.717) is 5.92 Å². The van der Waals surface area contributed by atoms with E-state index in [1.54, 1.807) is 11.3 Å². The maximum atomic E-state index is 11.4. The van der Waals surface area contributed by atoms with Gasteiger partial charge in [0.25, 0.3) is 0 Å². The summed E-state index contributed by atoms with van der Waals surface area (Å²) in [7, 11) is 0. The number of hydrogen-bond acceptors (Lipinski definition) is 2. The molecule has 2 aromatic rings. The van der Waals surface area contributed by atoms with Gasteiger partial charge in [-0.05, 0) is 34.9 Å². The summed E-state index contributed by atoms with van der Waals surface area (Å²) in [4.78, 5) is 12.6. The standard InChI is InChI=1S/C16H14OS/c1-11-9-12(10-17)16(15-7-4-8-18-15)14-6-3-2-5-13(11)14/h2-8,10-11H,9H2,1H3. The third kappa shape index (κ3) is 1.73. The second kappa shape index (κ2) is 4.54. The van der Waals surface area contributed by atoms with Crippen LogP contribution in [0.1, 0.15) is 35.3 Å². The molecule has 0 radical (unpaired) electrons. The summed E-state index contributed by atoms with van der Waals surface area (Å²) >= 11 is 1.70. The van der Waals surface area contributed by atoms with Crippen molar-refractivity contribution in [3.05, 3.63) is 63.4 Å². The minimum atomic E-state index is 0.421. The molecule has 1 aromatic carbocycles. The smallest absolute Gasteiger partial charge is 0.146 e. The lowest BCUT2D eigenvalue weighted by Gasteiger charge is -2.25. The maximum Gasteiger partial charge on any atom is 0.146 e. The highest BCUT2D eigenvalue weighted by Crippen LogP contribution is 2.41. The van der Waals surface area contributed by atoms with Gasteiger partial charge in [-0.25, -0.2) is 0 Å². The van der Waals surface area contributed by atoms with Crippen LogP contribution in [-0.2, 0) is 4.79 Å². The first-order valence-electron chi connectivity index (χ1n) is 6.12. The number of carbonyl (C=O) groups is 1. The van der Waals surface area contributed by atoms with Gasteiger partial charge in [0.2, 0.25) is 0 Å². The lowest BCUT2D eigenvalue weighted by Crippen LogP contribution is -2.09. The number of rotatable bonds is 2. The van der Waals surface area contributed by atoms with E-state index in [2.05, 4.69) is 36.6 Å². The van der Waals surface area contributed by atoms with Crippen LogP contribution in [0.3, 0.4) is 0 Å². The van der Waals surface area contributed by atoms with Gasteiger partial charge in [-0.2, -0.15) is 0 Å². The second-order valence-electron chi connectivity index (χ2n) is 4.69. The zero-order valence-electron chi connectivity index (χ0n) is 10.2. The van der Waals surface area contributed by atoms with Crippen LogP contribution in [0.15, 0.2) is 47.4 Å². The average molecular weight is 254 g/mol. The van der Waals surface area contributed by atoms with Crippen LogP contribution in [0.2, 0.25) is 0 Å². The van der Waals surface area contributed by atoms with Crippen LogP contribution in [0.5, 0.6) is 0 Å². The van der Waals surface area contributed by atoms with Crippen molar-refractivity contribution in [3.8, 4) is 0 Å². The number of aldehydes is 1. The molecule has 90 valence electrons. The highest BCUT2D eigenvalue weighted by atomic mass is 32.1. The number of thiophene rings is 1. The Hall–Kier alpha value is -1.67. The number of allylic oxidation sites excluding steroid dienone is 1. The van der Waals surface area contributed by atoms with Crippen molar-refractivity contribution in [2.24, 2.45) is 0 Å². The van der Waals surface area contributed by atoms with E-state index < -0.39 is 0 Å². The highest BCUT2D eigenvalue weighted by molar-refractivity contribution is 7.11. The fraction of sp³-hybridized carbons (Fsp3) is 0.188. The van der Waals surface area contributed by atoms with Crippen LogP contribution in [-0.4, -0.2) is 6.29 Å². The fourth-order valence-corrected chi connectivity index (χ4v) is 3.51. The molecule has 1 heterocycles. The highest BCUT2D eigenvalue weighted by Gasteiger charge is 2.24. The molecule has 1 aliphatic carbocycles. The van der Waals surface area contributed by atoms with Gasteiger partial charge in [-0.15, -0.1) is 11.3 Å². The summed E-state index contributed by atoms with van der Waals surface area (Å²) in [5.74, 6) is 0.421. The molecular weight excluding hydrogens is 240 g/mol. The van der Waals surface area contributed by atoms with Crippen LogP contribution >= 0.6 is 11.3 Å². The number of hydrogen-bond donors (Lipinski definition) is 0. The van der Waals surface area contributed by atoms with Gasteiger partial charge >= 0.3 is 0 Å². The predicted octanol–water partition coefficient (Wildman–Crippen LogP) is 4.26. The van der Waals surface area contributed by atoms with Gasteiger partial charge in [-0.1, -0.05) is 37.3 Å². The molecule has 2 heteroatoms. The second-order valence-corrected chi connectivity index (χ2v) is 5.64. The fourth-order valence-electron chi connectivity index (χ4n) is 2.69. The third-order valence-electron chi connectivity index (χ3n) is 3.52. The zero-order chi connectivity index (χ0) is 12.5. The van der Waals surface area contributed by atoms with Crippen LogP contribution < -0.4 is 0 Å². The average Bonchev–Trinajstić information content (AvgIpc) is 2.92. The van der Waals surface area contributed by atoms with Crippen molar-refractivity contribution in [3.63, 3.8) is 0 Å². The van der Waals surface area contributed by atoms with Crippen molar-refractivity contribution in [2.75, 3.05) is 0 Å². The quantitative estimate of drug-likeness (QED) is 0.732. The molecule has 1 unspecified atom stereocenters. The Morgan fingerprint density at radius 3 is 2.78 bits per heavy atom. The molecule has 0 N–H and O–H groups in total. The normalized spacial score (nSPS) is 18.6. The first-order valence-corrected chi connectivity index (χ1v) is 7.00. The molecule has 1 nitrogen and oxygen atoms in total. The third-order valence-corrected chi connectivity index (χ3v) is 4.41. The Bertz CT molecular complexity index is 608. The molecule has 1 aliphatic rings. The first kappa shape index (κ1) is 11.4. The van der Waals surface area contributed by atoms with Crippen molar-refractivity contribution >= 4 is 23.2 Å². The van der Waals surface area contributed by atoms with Crippen LogP contribution in [0.25, 0.3) is 5.57 Å². The van der Waals surface area contributed by atoms with Gasteiger partial charge in [0, 0.05) is 16.0 Å². The van der Waals surface area contributed by atoms with E-state index in [0.717, 1.165) is 23.9 Å². The van der Waals surface area contributed by atoms with E-state index in [1.807, 2.05) is 12.1 Å². The lowest BCUT2D eigenvalue weighted by atomic mass is 9.79. The van der Waals surface area contributed by atoms with Crippen molar-refractivity contribution in [1.29, 1.82) is 0 Å². The molecule has 0 aliphatic heterocycles. The van der Waals surface area contributed by atoms with Gasteiger partial charge in [0.05, 0.1) is 0 Å². The molecule has 0 bridgehead atoms. The Morgan fingerprint density at radius 1 is 1.22 bits per heavy atom. The van der Waals surface area contributed by atoms with E-state index in [9.17, 15) is 4.79 Å². The number of benzene rings is 1. The van der Waals surface area contributed by atoms with E-state index in [-0.39, 0.29) is 0 Å². The monoisotopic (exact) mass is 254 g/mol. The summed E-state index contributed by atoms with van der Waals surface area (Å²) in [5, 5.41) is 2.06. The predicted molar refractivity (Wildman–Crippen MR) is 75.9 cm³/mol. The molecule has 3 rings (SSSR count). The minimum Gasteiger partial charge on any atom is -0.298 e. The maximum absolute atomic E-state index is 11.4. The minimum absolute atomic E-state index is 0.421. The van der Waals surface area contributed by atoms with Crippen molar-refractivity contribution in [2.45, 2.75) is 19.3 Å². The largest absolute Gasteiger partial charge is 0.298 e. The van der Waals surface area contributed by atoms with Gasteiger partial charge < -0.3 is 0 Å². The Morgan fingerprint density at radius 2 is 2.06 bits per heavy atom. The van der Waals surface area contributed by atoms with E-state index in [1.165, 1.54) is 16.0 Å². The van der Waals surface area contributed by atoms with Gasteiger partial charge in [0.1, 0.15) is 6.29 Å². The molecule has 0 saturated heterocycles. The molecule has 1 aromatic heterocycles. The molecular formula is C16H14OS. The SMILES string of the molecule is CC1CC(C=O)=C(c2cccs2)c2ccccc21. The Kier molecular flexibility index (Phi) is 2.88. The van der Waals surface area contributed by atoms with Gasteiger partial charge in [-0.3, -0.25) is 4.79 Å². The van der Waals surface area contributed by atoms with Gasteiger partial charge in [0.15, 0.2) is 0 Å². The number of carbonyl (C=O) groups excluding carboxylic acids is 1. The van der Waals surface area contributed by atoms with Crippen molar-refractivity contribution in [1.82, 2.24) is 0 Å². The summed E-state index contributed by atoms with van der Waals surface area (Å²) in [6, 6.07) is 12.6. The Balaban J connectivity index is 2.27. The topological polar surface area (TPSA) is 17.1 Å². The molecule has 18 heavy (non-hydrogen) atoms. The van der Waals surface area contributed by atoms with Crippen molar-refractivity contribution < 1.29 is 4.79 Å². The number of fused-ring (bicyclic) bond motifs is 1. The van der Waals surface area contributed by atoms with E-state index >= 15 is 0 Å². The summed E-state index contributed by atoms with van der Waals surface area (Å²) < 4.78 is 0. The Labute approximate surface area is 111 Å². The molecule has 0 amide bonds. The summed E-state index contributed by atoms with van der Waals surface area (Å²) in [6.07, 6.45) is 1.87. The molecule has 0 spiro atoms. The zero-order valence-corrected chi connectivity index (χ0v) is 11.0. The first-order chi connectivity index (χ1) is 8.81. The molecule has 0 saturated carbocycles. The summed E-state index contributed by atoms with van der Waals surface area (Å²) in [6.45, 7) is 2.19. The van der Waals surface area contributed by atoms with Crippen LogP contribution in [0, 0.1) is 0 Å².